The van der Waals surface area contributed by atoms with Crippen molar-refractivity contribution in [3.05, 3.63) is 48.6 Å². The molecule has 0 aliphatic heterocycles. The summed E-state index contributed by atoms with van der Waals surface area (Å²) in [5.41, 5.74) is -0.161. The van der Waals surface area contributed by atoms with Gasteiger partial charge < -0.3 is 5.11 Å². The molecule has 0 saturated carbocycles. The number of aliphatic carboxylic acids is 1. The highest BCUT2D eigenvalue weighted by atomic mass is 16.4. The fourth-order valence-electron chi connectivity index (χ4n) is 1.56. The zero-order valence-electron chi connectivity index (χ0n) is 8.23. The summed E-state index contributed by atoms with van der Waals surface area (Å²) in [5, 5.41) is 9.21. The van der Waals surface area contributed by atoms with Crippen molar-refractivity contribution >= 4 is 5.97 Å². The van der Waals surface area contributed by atoms with Crippen molar-refractivity contribution in [3.63, 3.8) is 0 Å². The molecule has 0 spiro atoms. The summed E-state index contributed by atoms with van der Waals surface area (Å²) in [5.74, 6) is -0.846. The van der Waals surface area contributed by atoms with Gasteiger partial charge in [-0.05, 0) is 12.0 Å². The number of carbonyl (C=O) groups is 1. The molecule has 2 nitrogen and oxygen atoms in total. The van der Waals surface area contributed by atoms with Crippen LogP contribution in [0.25, 0.3) is 0 Å². The maximum Gasteiger partial charge on any atom is 0.317 e. The molecule has 0 fully saturated rings. The molecule has 2 heteroatoms. The Balaban J connectivity index is 3.24. The second-order valence-electron chi connectivity index (χ2n) is 3.20. The quantitative estimate of drug-likeness (QED) is 0.741. The number of hydrogen-bond acceptors (Lipinski definition) is 1. The minimum atomic E-state index is -0.943. The Morgan fingerprint density at radius 2 is 2.07 bits per heavy atom. The van der Waals surface area contributed by atoms with Gasteiger partial charge in [-0.3, -0.25) is 4.79 Å². The third-order valence-electron chi connectivity index (χ3n) is 2.58. The molecule has 0 radical (unpaired) electrons. The van der Waals surface area contributed by atoms with Gasteiger partial charge in [-0.25, -0.2) is 0 Å². The van der Waals surface area contributed by atoms with Gasteiger partial charge in [0, 0.05) is 0 Å². The summed E-state index contributed by atoms with van der Waals surface area (Å²) in [4.78, 5) is 11.2. The third-order valence-corrected chi connectivity index (χ3v) is 2.58. The third kappa shape index (κ3) is 1.55. The van der Waals surface area contributed by atoms with Gasteiger partial charge in [-0.2, -0.15) is 0 Å². The Bertz CT molecular complexity index is 329. The molecule has 0 bridgehead atoms. The lowest BCUT2D eigenvalue weighted by molar-refractivity contribution is -0.142. The van der Waals surface area contributed by atoms with E-state index in [9.17, 15) is 9.90 Å². The van der Waals surface area contributed by atoms with E-state index in [1.165, 1.54) is 6.08 Å². The second kappa shape index (κ2) is 4.09. The first-order chi connectivity index (χ1) is 6.67. The van der Waals surface area contributed by atoms with Crippen LogP contribution in [-0.2, 0) is 10.2 Å². The number of hydrogen-bond donors (Lipinski definition) is 1. The maximum absolute atomic E-state index is 11.2. The van der Waals surface area contributed by atoms with Crippen molar-refractivity contribution in [1.82, 2.24) is 0 Å². The molecule has 1 unspecified atom stereocenters. The molecular formula is C12H14O2. The highest BCUT2D eigenvalue weighted by Crippen LogP contribution is 2.29. The van der Waals surface area contributed by atoms with Crippen LogP contribution in [0.3, 0.4) is 0 Å². The van der Waals surface area contributed by atoms with Crippen LogP contribution in [0.5, 0.6) is 0 Å². The number of rotatable bonds is 4. The van der Waals surface area contributed by atoms with Crippen LogP contribution in [0.4, 0.5) is 0 Å². The van der Waals surface area contributed by atoms with Crippen LogP contribution in [0.2, 0.25) is 0 Å². The van der Waals surface area contributed by atoms with Crippen LogP contribution in [0.15, 0.2) is 43.0 Å². The van der Waals surface area contributed by atoms with Crippen molar-refractivity contribution in [2.24, 2.45) is 0 Å². The van der Waals surface area contributed by atoms with Gasteiger partial charge in [0.25, 0.3) is 0 Å². The molecule has 0 aromatic heterocycles. The van der Waals surface area contributed by atoms with Gasteiger partial charge in [-0.1, -0.05) is 43.3 Å². The minimum Gasteiger partial charge on any atom is -0.480 e. The highest BCUT2D eigenvalue weighted by molar-refractivity contribution is 5.83. The van der Waals surface area contributed by atoms with E-state index in [2.05, 4.69) is 6.58 Å². The molecule has 0 saturated heterocycles. The summed E-state index contributed by atoms with van der Waals surface area (Å²) in [6, 6.07) is 9.19. The Hall–Kier alpha value is -1.57. The summed E-state index contributed by atoms with van der Waals surface area (Å²) >= 11 is 0. The zero-order chi connectivity index (χ0) is 10.6. The van der Waals surface area contributed by atoms with Gasteiger partial charge in [0.1, 0.15) is 5.41 Å². The van der Waals surface area contributed by atoms with Gasteiger partial charge in [0.15, 0.2) is 0 Å². The standard InChI is InChI=1S/C12H14O2/c1-3-12(4-2,11(13)14)10-8-6-5-7-9-10/h3,5-9H,1,4H2,2H3,(H,13,14). The molecular weight excluding hydrogens is 176 g/mol. The van der Waals surface area contributed by atoms with Gasteiger partial charge >= 0.3 is 5.97 Å². The molecule has 1 aromatic carbocycles. The molecule has 1 rings (SSSR count). The van der Waals surface area contributed by atoms with E-state index in [0.717, 1.165) is 5.56 Å². The molecule has 74 valence electrons. The smallest absolute Gasteiger partial charge is 0.317 e. The lowest BCUT2D eigenvalue weighted by atomic mass is 9.78. The predicted octanol–water partition coefficient (Wildman–Crippen LogP) is 2.61. The Labute approximate surface area is 83.9 Å². The van der Waals surface area contributed by atoms with Crippen molar-refractivity contribution in [1.29, 1.82) is 0 Å². The first kappa shape index (κ1) is 10.5. The molecule has 14 heavy (non-hydrogen) atoms. The summed E-state index contributed by atoms with van der Waals surface area (Å²) in [7, 11) is 0. The molecule has 1 aromatic rings. The van der Waals surface area contributed by atoms with E-state index in [1.54, 1.807) is 0 Å². The monoisotopic (exact) mass is 190 g/mol. The van der Waals surface area contributed by atoms with Crippen molar-refractivity contribution in [2.45, 2.75) is 18.8 Å². The fraction of sp³-hybridized carbons (Fsp3) is 0.250. The molecule has 1 N–H and O–H groups in total. The average molecular weight is 190 g/mol. The normalized spacial score (nSPS) is 14.4. The van der Waals surface area contributed by atoms with E-state index in [4.69, 9.17) is 0 Å². The van der Waals surface area contributed by atoms with Gasteiger partial charge in [-0.15, -0.1) is 6.58 Å². The molecule has 1 atom stereocenters. The van der Waals surface area contributed by atoms with E-state index < -0.39 is 11.4 Å². The van der Waals surface area contributed by atoms with Crippen LogP contribution < -0.4 is 0 Å². The van der Waals surface area contributed by atoms with E-state index in [1.807, 2.05) is 37.3 Å². The average Bonchev–Trinajstić information content (AvgIpc) is 2.22. The maximum atomic E-state index is 11.2. The van der Waals surface area contributed by atoms with Crippen molar-refractivity contribution in [2.75, 3.05) is 0 Å². The topological polar surface area (TPSA) is 37.3 Å². The molecule has 0 amide bonds. The van der Waals surface area contributed by atoms with Crippen LogP contribution in [-0.4, -0.2) is 11.1 Å². The van der Waals surface area contributed by atoms with Crippen LogP contribution in [0, 0.1) is 0 Å². The first-order valence-electron chi connectivity index (χ1n) is 4.60. The number of benzene rings is 1. The van der Waals surface area contributed by atoms with Crippen LogP contribution in [0.1, 0.15) is 18.9 Å². The van der Waals surface area contributed by atoms with E-state index >= 15 is 0 Å². The first-order valence-corrected chi connectivity index (χ1v) is 4.60. The Kier molecular flexibility index (Phi) is 3.07. The van der Waals surface area contributed by atoms with Crippen molar-refractivity contribution in [3.8, 4) is 0 Å². The molecule has 0 aliphatic rings. The van der Waals surface area contributed by atoms with Crippen molar-refractivity contribution < 1.29 is 9.90 Å². The zero-order valence-corrected chi connectivity index (χ0v) is 8.23. The number of carboxylic acid groups (broad SMARTS) is 1. The molecule has 0 heterocycles. The predicted molar refractivity (Wildman–Crippen MR) is 56.2 cm³/mol. The summed E-state index contributed by atoms with van der Waals surface area (Å²) in [6.45, 7) is 5.47. The molecule has 0 aliphatic carbocycles. The van der Waals surface area contributed by atoms with E-state index in [0.29, 0.717) is 6.42 Å². The highest BCUT2D eigenvalue weighted by Gasteiger charge is 2.34. The SMILES string of the molecule is C=CC(CC)(C(=O)O)c1ccccc1. The Morgan fingerprint density at radius 1 is 1.50 bits per heavy atom. The largest absolute Gasteiger partial charge is 0.480 e. The fourth-order valence-corrected chi connectivity index (χ4v) is 1.56. The number of carboxylic acids is 1. The lowest BCUT2D eigenvalue weighted by Gasteiger charge is -2.24. The Morgan fingerprint density at radius 3 is 2.43 bits per heavy atom. The summed E-state index contributed by atoms with van der Waals surface area (Å²) < 4.78 is 0. The van der Waals surface area contributed by atoms with Crippen LogP contribution >= 0.6 is 0 Å². The second-order valence-corrected chi connectivity index (χ2v) is 3.20. The lowest BCUT2D eigenvalue weighted by Crippen LogP contribution is -2.32. The summed E-state index contributed by atoms with van der Waals surface area (Å²) in [6.07, 6.45) is 2.01. The minimum absolute atomic E-state index is 0.510. The van der Waals surface area contributed by atoms with Gasteiger partial charge in [0.2, 0.25) is 0 Å². The van der Waals surface area contributed by atoms with E-state index in [-0.39, 0.29) is 0 Å². The van der Waals surface area contributed by atoms with Gasteiger partial charge in [0.05, 0.1) is 0 Å².